The first-order chi connectivity index (χ1) is 11.3. The number of aromatic nitrogens is 3. The Kier molecular flexibility index (Phi) is 4.92. The highest BCUT2D eigenvalue weighted by molar-refractivity contribution is 7.80. The summed E-state index contributed by atoms with van der Waals surface area (Å²) in [7, 11) is 0. The van der Waals surface area contributed by atoms with E-state index in [4.69, 9.17) is 0 Å². The Morgan fingerprint density at radius 1 is 1.17 bits per heavy atom. The van der Waals surface area contributed by atoms with Crippen molar-refractivity contribution in [1.82, 2.24) is 20.3 Å². The first kappa shape index (κ1) is 15.6. The molecule has 0 aliphatic rings. The standard InChI is InChI=1S/C17H18N4OS/c22-17(18-9-11-23)14-6-7-16-15(12-14)19-20-21(16)10-8-13-4-2-1-3-5-13/h1-7,12,23H,8-11H2,(H,18,22). The molecule has 0 aliphatic heterocycles. The second-order valence-electron chi connectivity index (χ2n) is 5.23. The number of fused-ring (bicyclic) bond motifs is 1. The lowest BCUT2D eigenvalue weighted by Crippen LogP contribution is -2.25. The molecule has 118 valence electrons. The van der Waals surface area contributed by atoms with Gasteiger partial charge >= 0.3 is 0 Å². The van der Waals surface area contributed by atoms with Crippen LogP contribution in [0.4, 0.5) is 0 Å². The van der Waals surface area contributed by atoms with Crippen LogP contribution in [0.2, 0.25) is 0 Å². The lowest BCUT2D eigenvalue weighted by Gasteiger charge is -2.04. The number of amides is 1. The minimum Gasteiger partial charge on any atom is -0.351 e. The van der Waals surface area contributed by atoms with Crippen molar-refractivity contribution < 1.29 is 4.79 Å². The Balaban J connectivity index is 1.75. The fourth-order valence-corrected chi connectivity index (χ4v) is 2.54. The van der Waals surface area contributed by atoms with Gasteiger partial charge in [-0.15, -0.1) is 5.10 Å². The van der Waals surface area contributed by atoms with Gasteiger partial charge in [-0.05, 0) is 30.2 Å². The van der Waals surface area contributed by atoms with Crippen LogP contribution in [-0.2, 0) is 13.0 Å². The topological polar surface area (TPSA) is 59.8 Å². The molecule has 0 atom stereocenters. The molecule has 3 aromatic rings. The van der Waals surface area contributed by atoms with Gasteiger partial charge in [-0.25, -0.2) is 4.68 Å². The van der Waals surface area contributed by atoms with Gasteiger partial charge in [0, 0.05) is 24.4 Å². The van der Waals surface area contributed by atoms with E-state index < -0.39 is 0 Å². The fraction of sp³-hybridized carbons (Fsp3) is 0.235. The number of carbonyl (C=O) groups is 1. The molecule has 1 amide bonds. The molecule has 1 N–H and O–H groups in total. The Labute approximate surface area is 140 Å². The van der Waals surface area contributed by atoms with E-state index in [1.54, 1.807) is 12.1 Å². The number of nitrogens with one attached hydrogen (secondary N) is 1. The van der Waals surface area contributed by atoms with Gasteiger partial charge in [-0.1, -0.05) is 35.5 Å². The van der Waals surface area contributed by atoms with E-state index in [0.717, 1.165) is 24.0 Å². The maximum atomic E-state index is 12.0. The van der Waals surface area contributed by atoms with Crippen molar-refractivity contribution >= 4 is 29.6 Å². The molecule has 0 spiro atoms. The van der Waals surface area contributed by atoms with Crippen molar-refractivity contribution in [3.63, 3.8) is 0 Å². The monoisotopic (exact) mass is 326 g/mol. The normalized spacial score (nSPS) is 10.8. The van der Waals surface area contributed by atoms with Gasteiger partial charge in [-0.3, -0.25) is 4.79 Å². The van der Waals surface area contributed by atoms with Crippen LogP contribution in [0.5, 0.6) is 0 Å². The first-order valence-electron chi connectivity index (χ1n) is 7.54. The molecule has 0 fully saturated rings. The number of benzene rings is 2. The summed E-state index contributed by atoms with van der Waals surface area (Å²) in [5, 5.41) is 11.2. The van der Waals surface area contributed by atoms with E-state index >= 15 is 0 Å². The summed E-state index contributed by atoms with van der Waals surface area (Å²) >= 11 is 4.08. The number of aryl methyl sites for hydroxylation is 2. The van der Waals surface area contributed by atoms with E-state index in [9.17, 15) is 4.79 Å². The van der Waals surface area contributed by atoms with Gasteiger partial charge in [0.25, 0.3) is 5.91 Å². The molecule has 0 bridgehead atoms. The zero-order chi connectivity index (χ0) is 16.1. The van der Waals surface area contributed by atoms with Gasteiger partial charge in [0.1, 0.15) is 5.52 Å². The largest absolute Gasteiger partial charge is 0.351 e. The molecule has 0 saturated heterocycles. The van der Waals surface area contributed by atoms with Crippen molar-refractivity contribution in [2.45, 2.75) is 13.0 Å². The number of carbonyl (C=O) groups excluding carboxylic acids is 1. The maximum absolute atomic E-state index is 12.0. The van der Waals surface area contributed by atoms with Gasteiger partial charge in [-0.2, -0.15) is 12.6 Å². The molecule has 0 unspecified atom stereocenters. The summed E-state index contributed by atoms with van der Waals surface area (Å²) in [6.07, 6.45) is 0.892. The number of hydrogen-bond acceptors (Lipinski definition) is 4. The predicted octanol–water partition coefficient (Wildman–Crippen LogP) is 2.33. The van der Waals surface area contributed by atoms with Crippen LogP contribution >= 0.6 is 12.6 Å². The Hall–Kier alpha value is -2.34. The van der Waals surface area contributed by atoms with Crippen molar-refractivity contribution in [1.29, 1.82) is 0 Å². The highest BCUT2D eigenvalue weighted by Gasteiger charge is 2.09. The van der Waals surface area contributed by atoms with Crippen LogP contribution in [0, 0.1) is 0 Å². The Morgan fingerprint density at radius 3 is 2.78 bits per heavy atom. The van der Waals surface area contributed by atoms with Crippen molar-refractivity contribution in [2.75, 3.05) is 12.3 Å². The molecular weight excluding hydrogens is 308 g/mol. The zero-order valence-corrected chi connectivity index (χ0v) is 13.5. The van der Waals surface area contributed by atoms with Crippen LogP contribution < -0.4 is 5.32 Å². The van der Waals surface area contributed by atoms with Gasteiger partial charge in [0.05, 0.1) is 5.52 Å². The Morgan fingerprint density at radius 2 is 2.00 bits per heavy atom. The van der Waals surface area contributed by atoms with E-state index in [2.05, 4.69) is 40.4 Å². The van der Waals surface area contributed by atoms with Gasteiger partial charge in [0.2, 0.25) is 0 Å². The van der Waals surface area contributed by atoms with Gasteiger partial charge < -0.3 is 5.32 Å². The Bertz CT molecular complexity index is 801. The number of hydrogen-bond donors (Lipinski definition) is 2. The molecule has 23 heavy (non-hydrogen) atoms. The van der Waals surface area contributed by atoms with E-state index in [0.29, 0.717) is 17.9 Å². The van der Waals surface area contributed by atoms with Crippen molar-refractivity contribution in [3.05, 3.63) is 59.7 Å². The fourth-order valence-electron chi connectivity index (χ4n) is 2.43. The molecular formula is C17H18N4OS. The lowest BCUT2D eigenvalue weighted by atomic mass is 10.1. The molecule has 6 heteroatoms. The van der Waals surface area contributed by atoms with E-state index in [1.807, 2.05) is 28.9 Å². The highest BCUT2D eigenvalue weighted by atomic mass is 32.1. The van der Waals surface area contributed by atoms with Crippen LogP contribution in [0.1, 0.15) is 15.9 Å². The zero-order valence-electron chi connectivity index (χ0n) is 12.6. The smallest absolute Gasteiger partial charge is 0.251 e. The highest BCUT2D eigenvalue weighted by Crippen LogP contribution is 2.14. The summed E-state index contributed by atoms with van der Waals surface area (Å²) in [5.41, 5.74) is 3.52. The summed E-state index contributed by atoms with van der Waals surface area (Å²) < 4.78 is 1.87. The summed E-state index contributed by atoms with van der Waals surface area (Å²) in [6.45, 7) is 1.30. The van der Waals surface area contributed by atoms with Crippen LogP contribution in [0.15, 0.2) is 48.5 Å². The van der Waals surface area contributed by atoms with Crippen molar-refractivity contribution in [3.8, 4) is 0 Å². The molecule has 5 nitrogen and oxygen atoms in total. The number of rotatable bonds is 6. The number of thiol groups is 1. The third kappa shape index (κ3) is 3.71. The minimum atomic E-state index is -0.111. The molecule has 2 aromatic carbocycles. The summed E-state index contributed by atoms with van der Waals surface area (Å²) in [5.74, 6) is 0.503. The number of nitrogens with zero attached hydrogens (tertiary/aromatic N) is 3. The van der Waals surface area contributed by atoms with Crippen molar-refractivity contribution in [2.24, 2.45) is 0 Å². The third-order valence-corrected chi connectivity index (χ3v) is 3.85. The quantitative estimate of drug-likeness (QED) is 0.684. The SMILES string of the molecule is O=C(NCCS)c1ccc2c(c1)nnn2CCc1ccccc1. The van der Waals surface area contributed by atoms with Crippen LogP contribution in [0.25, 0.3) is 11.0 Å². The average molecular weight is 326 g/mol. The maximum Gasteiger partial charge on any atom is 0.251 e. The average Bonchev–Trinajstić information content (AvgIpc) is 3.01. The van der Waals surface area contributed by atoms with Gasteiger partial charge in [0.15, 0.2) is 0 Å². The summed E-state index contributed by atoms with van der Waals surface area (Å²) in [6, 6.07) is 15.7. The van der Waals surface area contributed by atoms with Crippen LogP contribution in [-0.4, -0.2) is 33.2 Å². The second kappa shape index (κ2) is 7.28. The molecule has 1 heterocycles. The molecule has 1 aromatic heterocycles. The molecule has 0 aliphatic carbocycles. The first-order valence-corrected chi connectivity index (χ1v) is 8.17. The second-order valence-corrected chi connectivity index (χ2v) is 5.68. The molecule has 0 saturated carbocycles. The summed E-state index contributed by atoms with van der Waals surface area (Å²) in [4.78, 5) is 12.0. The third-order valence-electron chi connectivity index (χ3n) is 3.63. The lowest BCUT2D eigenvalue weighted by molar-refractivity contribution is 0.0956. The van der Waals surface area contributed by atoms with E-state index in [1.165, 1.54) is 5.56 Å². The molecule has 0 radical (unpaired) electrons. The van der Waals surface area contributed by atoms with Crippen LogP contribution in [0.3, 0.4) is 0 Å². The van der Waals surface area contributed by atoms with E-state index in [-0.39, 0.29) is 5.91 Å². The predicted molar refractivity (Wildman–Crippen MR) is 93.9 cm³/mol. The molecule has 3 rings (SSSR count). The minimum absolute atomic E-state index is 0.111.